The summed E-state index contributed by atoms with van der Waals surface area (Å²) in [6, 6.07) is 30.3. The largest absolute Gasteiger partial charge is 0.410 e. The van der Waals surface area contributed by atoms with Crippen LogP contribution in [0.25, 0.3) is 0 Å². The lowest BCUT2D eigenvalue weighted by molar-refractivity contribution is -0.387. The second-order valence-corrected chi connectivity index (χ2v) is 30.6. The Balaban J connectivity index is 1.21. The second-order valence-electron chi connectivity index (χ2n) is 17.6. The molecule has 10 nitrogen and oxygen atoms in total. The van der Waals surface area contributed by atoms with E-state index in [-0.39, 0.29) is 12.2 Å². The lowest BCUT2D eigenvalue weighted by Crippen LogP contribution is -2.80. The summed E-state index contributed by atoms with van der Waals surface area (Å²) >= 11 is 0. The lowest BCUT2D eigenvalue weighted by atomic mass is 9.96. The first-order valence-corrected chi connectivity index (χ1v) is 26.5. The van der Waals surface area contributed by atoms with E-state index in [1.54, 1.807) is 7.11 Å². The first-order valence-electron chi connectivity index (χ1n) is 21.4. The lowest BCUT2D eigenvalue weighted by Gasteiger charge is -2.63. The maximum atomic E-state index is 7.81. The van der Waals surface area contributed by atoms with Crippen LogP contribution < -0.4 is 0 Å². The number of rotatable bonds is 15. The van der Waals surface area contributed by atoms with Gasteiger partial charge in [0.1, 0.15) is 30.5 Å². The van der Waals surface area contributed by atoms with Crippen LogP contribution in [0.1, 0.15) is 84.8 Å². The van der Waals surface area contributed by atoms with E-state index < -0.39 is 65.1 Å². The average Bonchev–Trinajstić information content (AvgIpc) is 3.23. The highest BCUT2D eigenvalue weighted by atomic mass is 29.3. The molecule has 4 fully saturated rings. The molecule has 0 aliphatic carbocycles. The molecule has 1 unspecified atom stereocenters. The van der Waals surface area contributed by atoms with Gasteiger partial charge in [-0.25, -0.2) is 0 Å². The van der Waals surface area contributed by atoms with Gasteiger partial charge in [0.15, 0.2) is 18.9 Å². The molecule has 0 bridgehead atoms. The molecule has 0 radical (unpaired) electrons. The van der Waals surface area contributed by atoms with Crippen LogP contribution in [0.4, 0.5) is 0 Å². The highest BCUT2D eigenvalue weighted by Gasteiger charge is 2.71. The molecular formula is C46H66O10Si2. The first-order chi connectivity index (χ1) is 28.0. The molecule has 10 atom stereocenters. The number of ether oxygens (including phenoxy) is 8. The van der Waals surface area contributed by atoms with E-state index in [4.69, 9.17) is 46.7 Å². The van der Waals surface area contributed by atoms with Gasteiger partial charge in [-0.15, -0.1) is 0 Å². The number of hydrogen-bond acceptors (Lipinski definition) is 10. The highest BCUT2D eigenvalue weighted by Crippen LogP contribution is 2.56. The SMILES string of the molecule is CO[C@@H]1O[C@@H]2COC(c3ccccc3)O[C@H]2[C@H](OCc2ccccc2)[C@H]1O[C@@H]1C[C@H]2O[Si](C(C)C)(C(C)C)[Si](C(C)C)(C(C)C)O[C@H]2[C@@H](COCc2ccccc2)O1. The van der Waals surface area contributed by atoms with E-state index in [0.717, 1.165) is 16.7 Å². The fourth-order valence-electron chi connectivity index (χ4n) is 10.4. The molecule has 0 N–H and O–H groups in total. The smallest absolute Gasteiger partial charge is 0.217 e. The van der Waals surface area contributed by atoms with Crippen molar-refractivity contribution in [2.45, 2.75) is 159 Å². The minimum absolute atomic E-state index is 0.248. The van der Waals surface area contributed by atoms with Gasteiger partial charge in [0.25, 0.3) is 0 Å². The zero-order valence-corrected chi connectivity index (χ0v) is 37.9. The summed E-state index contributed by atoms with van der Waals surface area (Å²) in [4.78, 5) is 0. The summed E-state index contributed by atoms with van der Waals surface area (Å²) in [6.07, 6.45) is -4.80. The van der Waals surface area contributed by atoms with E-state index in [2.05, 4.69) is 79.7 Å². The summed E-state index contributed by atoms with van der Waals surface area (Å²) in [5.74, 6) is 0. The van der Waals surface area contributed by atoms with Gasteiger partial charge in [-0.1, -0.05) is 146 Å². The quantitative estimate of drug-likeness (QED) is 0.138. The Morgan fingerprint density at radius 3 is 1.78 bits per heavy atom. The van der Waals surface area contributed by atoms with Crippen LogP contribution in [0.3, 0.4) is 0 Å². The van der Waals surface area contributed by atoms with Crippen molar-refractivity contribution < 1.29 is 46.7 Å². The Labute approximate surface area is 348 Å². The Bertz CT molecular complexity index is 1680. The summed E-state index contributed by atoms with van der Waals surface area (Å²) in [7, 11) is -3.44. The van der Waals surface area contributed by atoms with Crippen molar-refractivity contribution in [1.29, 1.82) is 0 Å². The molecule has 4 saturated heterocycles. The Hall–Kier alpha value is -2.31. The number of benzene rings is 3. The molecule has 4 aliphatic rings. The minimum atomic E-state index is -2.54. The van der Waals surface area contributed by atoms with Gasteiger partial charge in [0.05, 0.1) is 38.6 Å². The van der Waals surface area contributed by atoms with Crippen molar-refractivity contribution in [3.05, 3.63) is 108 Å². The van der Waals surface area contributed by atoms with Crippen LogP contribution in [0, 0.1) is 0 Å². The molecule has 12 heteroatoms. The summed E-state index contributed by atoms with van der Waals surface area (Å²) in [5, 5.41) is 0. The third-order valence-corrected chi connectivity index (χ3v) is 33.5. The summed E-state index contributed by atoms with van der Waals surface area (Å²) < 4.78 is 68.6. The number of methoxy groups -OCH3 is 1. The molecule has 4 aliphatic heterocycles. The van der Waals surface area contributed by atoms with Crippen molar-refractivity contribution >= 4 is 15.7 Å². The highest BCUT2D eigenvalue weighted by molar-refractivity contribution is 7.39. The van der Waals surface area contributed by atoms with E-state index >= 15 is 0 Å². The molecule has 4 heterocycles. The van der Waals surface area contributed by atoms with Gasteiger partial charge in [0.2, 0.25) is 15.7 Å². The van der Waals surface area contributed by atoms with Crippen molar-refractivity contribution in [1.82, 2.24) is 0 Å². The molecule has 7 rings (SSSR count). The molecule has 58 heavy (non-hydrogen) atoms. The number of hydrogen-bond donors (Lipinski definition) is 0. The molecule has 0 spiro atoms. The minimum Gasteiger partial charge on any atom is -0.410 e. The van der Waals surface area contributed by atoms with E-state index in [0.29, 0.717) is 55.0 Å². The second kappa shape index (κ2) is 19.2. The molecule has 0 amide bonds. The maximum Gasteiger partial charge on any atom is 0.217 e. The van der Waals surface area contributed by atoms with Crippen molar-refractivity contribution in [3.8, 4) is 0 Å². The molecule has 0 saturated carbocycles. The third-order valence-electron chi connectivity index (χ3n) is 12.8. The van der Waals surface area contributed by atoms with E-state index in [9.17, 15) is 0 Å². The molecular weight excluding hydrogens is 769 g/mol. The zero-order valence-electron chi connectivity index (χ0n) is 35.9. The predicted octanol–water partition coefficient (Wildman–Crippen LogP) is 9.17. The van der Waals surface area contributed by atoms with Crippen LogP contribution in [-0.2, 0) is 60.0 Å². The third kappa shape index (κ3) is 8.73. The maximum absolute atomic E-state index is 7.81. The van der Waals surface area contributed by atoms with Gasteiger partial charge >= 0.3 is 0 Å². The number of fused-ring (bicyclic) bond motifs is 2. The van der Waals surface area contributed by atoms with Crippen molar-refractivity contribution in [3.63, 3.8) is 0 Å². The summed E-state index contributed by atoms with van der Waals surface area (Å²) in [5.41, 5.74) is 4.51. The van der Waals surface area contributed by atoms with E-state index in [1.165, 1.54) is 0 Å². The van der Waals surface area contributed by atoms with Crippen molar-refractivity contribution in [2.75, 3.05) is 20.3 Å². The van der Waals surface area contributed by atoms with Gasteiger partial charge in [-0.2, -0.15) is 0 Å². The zero-order chi connectivity index (χ0) is 41.0. The fourth-order valence-corrected chi connectivity index (χ4v) is 32.4. The Morgan fingerprint density at radius 2 is 1.19 bits per heavy atom. The predicted molar refractivity (Wildman–Crippen MR) is 227 cm³/mol. The monoisotopic (exact) mass is 834 g/mol. The Morgan fingerprint density at radius 1 is 0.621 bits per heavy atom. The van der Waals surface area contributed by atoms with Crippen LogP contribution in [-0.4, -0.2) is 91.3 Å². The molecule has 3 aromatic carbocycles. The van der Waals surface area contributed by atoms with Gasteiger partial charge < -0.3 is 46.7 Å². The van der Waals surface area contributed by atoms with Crippen LogP contribution in [0.2, 0.25) is 22.2 Å². The molecule has 318 valence electrons. The van der Waals surface area contributed by atoms with Crippen molar-refractivity contribution in [2.24, 2.45) is 0 Å². The van der Waals surface area contributed by atoms with Crippen LogP contribution in [0.5, 0.6) is 0 Å². The fraction of sp³-hybridized carbons (Fsp3) is 0.609. The van der Waals surface area contributed by atoms with E-state index in [1.807, 2.05) is 66.7 Å². The average molecular weight is 835 g/mol. The standard InChI is InChI=1S/C46H66O10Si2/c1-30(2)57(31(3)4)55-37-25-40(51-38(28-48-26-34-19-13-10-14-20-34)41(37)56-58(57,32(5)6)33(7)8)53-44-43(49-27-35-21-15-11-16-22-35)42-39(52-46(44)47-9)29-50-45(54-42)36-23-17-12-18-24-36/h10-24,30-33,37-46H,25-29H2,1-9H3/t37-,38-,39-,40-,41-,42-,43+,44-,45?,46-/m1/s1. The van der Waals surface area contributed by atoms with Crippen LogP contribution >= 0.6 is 0 Å². The van der Waals surface area contributed by atoms with Gasteiger partial charge in [-0.3, -0.25) is 0 Å². The topological polar surface area (TPSA) is 92.3 Å². The molecule has 3 aromatic rings. The van der Waals surface area contributed by atoms with Crippen LogP contribution in [0.15, 0.2) is 91.0 Å². The van der Waals surface area contributed by atoms with Gasteiger partial charge in [0, 0.05) is 19.1 Å². The Kier molecular flexibility index (Phi) is 14.5. The normalized spacial score (nSPS) is 32.0. The molecule has 0 aromatic heterocycles. The summed E-state index contributed by atoms with van der Waals surface area (Å²) in [6.45, 7) is 20.3. The van der Waals surface area contributed by atoms with Gasteiger partial charge in [-0.05, 0) is 33.3 Å². The first kappa shape index (κ1) is 43.8.